The van der Waals surface area contributed by atoms with Crippen LogP contribution in [0.3, 0.4) is 0 Å². The maximum atomic E-state index is 12.7. The molecule has 8 nitrogen and oxygen atoms in total. The normalized spacial score (nSPS) is 11.5. The van der Waals surface area contributed by atoms with Crippen LogP contribution in [0.15, 0.2) is 82.0 Å². The van der Waals surface area contributed by atoms with E-state index in [4.69, 9.17) is 18.6 Å². The highest BCUT2D eigenvalue weighted by Crippen LogP contribution is 2.28. The number of nitrogens with one attached hydrogen (secondary N) is 1. The van der Waals surface area contributed by atoms with E-state index in [-0.39, 0.29) is 28.5 Å². The number of hydrogen-bond donors (Lipinski definition) is 1. The lowest BCUT2D eigenvalue weighted by molar-refractivity contribution is 0.0734. The molecule has 3 aromatic carbocycles. The van der Waals surface area contributed by atoms with Gasteiger partial charge in [-0.1, -0.05) is 30.3 Å². The molecule has 0 spiro atoms. The van der Waals surface area contributed by atoms with Crippen molar-refractivity contribution in [2.75, 3.05) is 14.2 Å². The van der Waals surface area contributed by atoms with Crippen LogP contribution in [-0.2, 0) is 0 Å². The number of fused-ring (bicyclic) bond motifs is 1. The van der Waals surface area contributed by atoms with E-state index in [0.717, 1.165) is 5.56 Å². The average Bonchev–Trinajstić information content (AvgIpc) is 2.88. The van der Waals surface area contributed by atoms with Gasteiger partial charge < -0.3 is 23.9 Å². The van der Waals surface area contributed by atoms with E-state index in [1.807, 2.05) is 37.3 Å². The van der Waals surface area contributed by atoms with Gasteiger partial charge in [-0.25, -0.2) is 9.59 Å². The maximum Gasteiger partial charge on any atom is 0.349 e. The lowest BCUT2D eigenvalue weighted by Gasteiger charge is -2.14. The summed E-state index contributed by atoms with van der Waals surface area (Å²) < 4.78 is 21.2. The molecule has 0 radical (unpaired) electrons. The van der Waals surface area contributed by atoms with Crippen LogP contribution in [0, 0.1) is 0 Å². The van der Waals surface area contributed by atoms with Crippen molar-refractivity contribution in [3.05, 3.63) is 99.9 Å². The van der Waals surface area contributed by atoms with Gasteiger partial charge in [0.1, 0.15) is 16.9 Å². The van der Waals surface area contributed by atoms with Gasteiger partial charge in [0.2, 0.25) is 0 Å². The first kappa shape index (κ1) is 23.6. The molecule has 4 rings (SSSR count). The summed E-state index contributed by atoms with van der Waals surface area (Å²) in [6.07, 6.45) is 0. The zero-order valence-corrected chi connectivity index (χ0v) is 19.4. The van der Waals surface area contributed by atoms with Crippen molar-refractivity contribution in [1.29, 1.82) is 0 Å². The molecule has 178 valence electrons. The summed E-state index contributed by atoms with van der Waals surface area (Å²) in [5.41, 5.74) is 0.435. The van der Waals surface area contributed by atoms with E-state index in [1.165, 1.54) is 32.4 Å². The molecule has 0 aliphatic carbocycles. The first-order valence-electron chi connectivity index (χ1n) is 10.8. The van der Waals surface area contributed by atoms with Gasteiger partial charge in [0, 0.05) is 11.5 Å². The van der Waals surface area contributed by atoms with Gasteiger partial charge in [0.05, 0.1) is 25.8 Å². The number of amides is 1. The van der Waals surface area contributed by atoms with Crippen molar-refractivity contribution < 1.29 is 28.2 Å². The summed E-state index contributed by atoms with van der Waals surface area (Å²) in [5, 5.41) is 3.31. The van der Waals surface area contributed by atoms with Crippen LogP contribution in [0.2, 0.25) is 0 Å². The zero-order valence-electron chi connectivity index (χ0n) is 19.4. The minimum Gasteiger partial charge on any atom is -0.493 e. The molecule has 1 N–H and O–H groups in total. The van der Waals surface area contributed by atoms with Gasteiger partial charge in [-0.2, -0.15) is 0 Å². The molecule has 1 heterocycles. The molecule has 0 fully saturated rings. The lowest BCUT2D eigenvalue weighted by atomic mass is 10.1. The molecule has 35 heavy (non-hydrogen) atoms. The Morgan fingerprint density at radius 1 is 0.886 bits per heavy atom. The largest absolute Gasteiger partial charge is 0.493 e. The van der Waals surface area contributed by atoms with Crippen molar-refractivity contribution in [3.8, 4) is 17.2 Å². The number of benzene rings is 3. The number of carbonyl (C=O) groups is 2. The second-order valence-electron chi connectivity index (χ2n) is 7.71. The van der Waals surface area contributed by atoms with Crippen LogP contribution < -0.4 is 25.2 Å². The Balaban J connectivity index is 1.53. The van der Waals surface area contributed by atoms with Gasteiger partial charge in [0.25, 0.3) is 5.91 Å². The highest BCUT2D eigenvalue weighted by Gasteiger charge is 2.18. The molecule has 0 saturated heterocycles. The Kier molecular flexibility index (Phi) is 6.82. The Morgan fingerprint density at radius 2 is 1.63 bits per heavy atom. The number of esters is 1. The summed E-state index contributed by atoms with van der Waals surface area (Å²) in [7, 11) is 2.97. The molecule has 0 saturated carbocycles. The maximum absolute atomic E-state index is 12.7. The highest BCUT2D eigenvalue weighted by atomic mass is 16.5. The SMILES string of the molecule is COc1ccc(C(=O)Oc2ccc3cc(C(=O)NC(C)c4ccccc4)c(=O)oc3c2)cc1OC. The molecule has 1 atom stereocenters. The average molecular weight is 473 g/mol. The second-order valence-corrected chi connectivity index (χ2v) is 7.71. The molecule has 4 aromatic rings. The number of ether oxygens (including phenoxy) is 3. The summed E-state index contributed by atoms with van der Waals surface area (Å²) >= 11 is 0. The Bertz CT molecular complexity index is 1440. The molecular weight excluding hydrogens is 450 g/mol. The van der Waals surface area contributed by atoms with E-state index in [0.29, 0.717) is 16.9 Å². The van der Waals surface area contributed by atoms with E-state index >= 15 is 0 Å². The zero-order chi connectivity index (χ0) is 24.9. The summed E-state index contributed by atoms with van der Waals surface area (Å²) in [6, 6.07) is 19.8. The van der Waals surface area contributed by atoms with Crippen LogP contribution in [0.1, 0.15) is 39.2 Å². The fourth-order valence-corrected chi connectivity index (χ4v) is 3.54. The van der Waals surface area contributed by atoms with Crippen molar-refractivity contribution in [2.24, 2.45) is 0 Å². The number of carbonyl (C=O) groups excluding carboxylic acids is 2. The monoisotopic (exact) mass is 473 g/mol. The van der Waals surface area contributed by atoms with E-state index < -0.39 is 17.5 Å². The first-order valence-corrected chi connectivity index (χ1v) is 10.8. The molecule has 1 aromatic heterocycles. The van der Waals surface area contributed by atoms with Crippen LogP contribution in [0.4, 0.5) is 0 Å². The predicted molar refractivity (Wildman–Crippen MR) is 129 cm³/mol. The number of methoxy groups -OCH3 is 2. The third-order valence-corrected chi connectivity index (χ3v) is 5.43. The van der Waals surface area contributed by atoms with Crippen molar-refractivity contribution >= 4 is 22.8 Å². The van der Waals surface area contributed by atoms with Gasteiger partial charge in [-0.05, 0) is 48.9 Å². The molecule has 0 aliphatic heterocycles. The van der Waals surface area contributed by atoms with Gasteiger partial charge in [-0.15, -0.1) is 0 Å². The van der Waals surface area contributed by atoms with Gasteiger partial charge in [0.15, 0.2) is 11.5 Å². The third kappa shape index (κ3) is 5.16. The van der Waals surface area contributed by atoms with E-state index in [2.05, 4.69) is 5.32 Å². The topological polar surface area (TPSA) is 104 Å². The molecule has 8 heteroatoms. The quantitative estimate of drug-likeness (QED) is 0.239. The Morgan fingerprint density at radius 3 is 2.34 bits per heavy atom. The fraction of sp³-hybridized carbons (Fsp3) is 0.148. The Hall–Kier alpha value is -4.59. The number of hydrogen-bond acceptors (Lipinski definition) is 7. The molecule has 1 unspecified atom stereocenters. The van der Waals surface area contributed by atoms with Gasteiger partial charge in [-0.3, -0.25) is 4.79 Å². The van der Waals surface area contributed by atoms with Crippen LogP contribution in [0.25, 0.3) is 11.0 Å². The summed E-state index contributed by atoms with van der Waals surface area (Å²) in [4.78, 5) is 37.8. The smallest absolute Gasteiger partial charge is 0.349 e. The first-order chi connectivity index (χ1) is 16.9. The van der Waals surface area contributed by atoms with Crippen LogP contribution in [-0.4, -0.2) is 26.1 Å². The highest BCUT2D eigenvalue weighted by molar-refractivity contribution is 5.97. The van der Waals surface area contributed by atoms with E-state index in [9.17, 15) is 14.4 Å². The summed E-state index contributed by atoms with van der Waals surface area (Å²) in [5.74, 6) is -0.122. The fourth-order valence-electron chi connectivity index (χ4n) is 3.54. The van der Waals surface area contributed by atoms with Crippen LogP contribution >= 0.6 is 0 Å². The predicted octanol–water partition coefficient (Wildman–Crippen LogP) is 4.52. The standard InChI is InChI=1S/C27H23NO7/c1-16(17-7-5-4-6-8-17)28-25(29)21-13-18-9-11-20(15-23(18)35-27(21)31)34-26(30)19-10-12-22(32-2)24(14-19)33-3/h4-16H,1-3H3,(H,28,29). The third-order valence-electron chi connectivity index (χ3n) is 5.43. The number of rotatable bonds is 7. The molecule has 1 amide bonds. The van der Waals surface area contributed by atoms with Crippen molar-refractivity contribution in [2.45, 2.75) is 13.0 Å². The second kappa shape index (κ2) is 10.1. The van der Waals surface area contributed by atoms with E-state index in [1.54, 1.807) is 24.3 Å². The van der Waals surface area contributed by atoms with Crippen molar-refractivity contribution in [3.63, 3.8) is 0 Å². The minimum atomic E-state index is -0.793. The minimum absolute atomic E-state index is 0.115. The van der Waals surface area contributed by atoms with Gasteiger partial charge >= 0.3 is 11.6 Å². The Labute approximate surface area is 201 Å². The molecule has 0 bridgehead atoms. The van der Waals surface area contributed by atoms with Crippen LogP contribution in [0.5, 0.6) is 17.2 Å². The lowest BCUT2D eigenvalue weighted by Crippen LogP contribution is -2.30. The molecule has 0 aliphatic rings. The molecular formula is C27H23NO7. The summed E-state index contributed by atoms with van der Waals surface area (Å²) in [6.45, 7) is 1.83. The van der Waals surface area contributed by atoms with Crippen molar-refractivity contribution in [1.82, 2.24) is 5.32 Å².